The van der Waals surface area contributed by atoms with Gasteiger partial charge in [0.1, 0.15) is 5.75 Å². The van der Waals surface area contributed by atoms with Crippen molar-refractivity contribution in [1.29, 1.82) is 0 Å². The van der Waals surface area contributed by atoms with Gasteiger partial charge in [0, 0.05) is 12.6 Å². The first kappa shape index (κ1) is 15.2. The lowest BCUT2D eigenvalue weighted by molar-refractivity contribution is 0.0697. The van der Waals surface area contributed by atoms with Crippen molar-refractivity contribution < 1.29 is 19.4 Å². The smallest absolute Gasteiger partial charge is 0.337 e. The number of carboxylic acid groups (broad SMARTS) is 1. The van der Waals surface area contributed by atoms with Gasteiger partial charge < -0.3 is 20.1 Å². The molecule has 0 saturated carbocycles. The van der Waals surface area contributed by atoms with Crippen molar-refractivity contribution >= 4 is 17.7 Å². The summed E-state index contributed by atoms with van der Waals surface area (Å²) in [6.07, 6.45) is 3.07. The van der Waals surface area contributed by atoms with Crippen molar-refractivity contribution in [3.05, 3.63) is 23.8 Å². The summed E-state index contributed by atoms with van der Waals surface area (Å²) in [5.41, 5.74) is 0.304. The van der Waals surface area contributed by atoms with Crippen molar-refractivity contribution in [2.75, 3.05) is 19.0 Å². The molecule has 0 radical (unpaired) electrons. The Hall–Kier alpha value is -2.24. The van der Waals surface area contributed by atoms with Crippen LogP contribution in [0.5, 0.6) is 5.75 Å². The Bertz CT molecular complexity index is 544. The van der Waals surface area contributed by atoms with Crippen molar-refractivity contribution in [1.82, 2.24) is 4.90 Å². The lowest BCUT2D eigenvalue weighted by Crippen LogP contribution is -2.44. The van der Waals surface area contributed by atoms with Crippen molar-refractivity contribution in [3.8, 4) is 5.75 Å². The molecule has 114 valence electrons. The Labute approximate surface area is 123 Å². The van der Waals surface area contributed by atoms with E-state index in [-0.39, 0.29) is 23.3 Å². The number of ether oxygens (including phenoxy) is 1. The predicted octanol–water partition coefficient (Wildman–Crippen LogP) is 2.80. The maximum atomic E-state index is 12.3. The van der Waals surface area contributed by atoms with E-state index in [0.29, 0.717) is 12.3 Å². The minimum atomic E-state index is -1.10. The number of urea groups is 1. The zero-order valence-corrected chi connectivity index (χ0v) is 12.3. The maximum Gasteiger partial charge on any atom is 0.337 e. The molecule has 0 bridgehead atoms. The highest BCUT2D eigenvalue weighted by Crippen LogP contribution is 2.24. The van der Waals surface area contributed by atoms with Crippen LogP contribution in [0.15, 0.2) is 18.2 Å². The molecule has 2 amide bonds. The van der Waals surface area contributed by atoms with Crippen LogP contribution in [0.1, 0.15) is 36.5 Å². The number of benzene rings is 1. The van der Waals surface area contributed by atoms with Crippen LogP contribution in [0.25, 0.3) is 0 Å². The van der Waals surface area contributed by atoms with E-state index >= 15 is 0 Å². The van der Waals surface area contributed by atoms with E-state index in [4.69, 9.17) is 4.74 Å². The van der Waals surface area contributed by atoms with Gasteiger partial charge in [-0.05, 0) is 44.4 Å². The van der Waals surface area contributed by atoms with Crippen molar-refractivity contribution in [2.45, 2.75) is 32.2 Å². The molecule has 1 aromatic carbocycles. The zero-order chi connectivity index (χ0) is 15.4. The first-order chi connectivity index (χ1) is 10.0. The molecule has 1 saturated heterocycles. The van der Waals surface area contributed by atoms with Gasteiger partial charge in [0.25, 0.3) is 0 Å². The highest BCUT2D eigenvalue weighted by Gasteiger charge is 2.24. The summed E-state index contributed by atoms with van der Waals surface area (Å²) >= 11 is 0. The summed E-state index contributed by atoms with van der Waals surface area (Å²) in [6, 6.07) is 4.49. The number of carboxylic acids is 1. The van der Waals surface area contributed by atoms with E-state index in [1.54, 1.807) is 17.0 Å². The van der Waals surface area contributed by atoms with E-state index in [1.807, 2.05) is 6.92 Å². The highest BCUT2D eigenvalue weighted by molar-refractivity contribution is 6.00. The maximum absolute atomic E-state index is 12.3. The number of rotatable bonds is 3. The van der Waals surface area contributed by atoms with Gasteiger partial charge in [0.05, 0.1) is 18.4 Å². The second-order valence-electron chi connectivity index (χ2n) is 5.19. The lowest BCUT2D eigenvalue weighted by Gasteiger charge is -2.33. The van der Waals surface area contributed by atoms with Gasteiger partial charge in [0.2, 0.25) is 0 Å². The standard InChI is InChI=1S/C15H20N2O4/c1-10-5-3-4-8-17(10)15(20)16-13-7-6-11(21-2)9-12(13)14(18)19/h6-7,9-10H,3-5,8H2,1-2H3,(H,16,20)(H,18,19). The fraction of sp³-hybridized carbons (Fsp3) is 0.467. The van der Waals surface area contributed by atoms with Crippen molar-refractivity contribution in [2.24, 2.45) is 0 Å². The van der Waals surface area contributed by atoms with Crippen LogP contribution in [0.3, 0.4) is 0 Å². The fourth-order valence-electron chi connectivity index (χ4n) is 2.52. The number of nitrogens with zero attached hydrogens (tertiary/aromatic N) is 1. The Morgan fingerprint density at radius 3 is 2.76 bits per heavy atom. The summed E-state index contributed by atoms with van der Waals surface area (Å²) in [6.45, 7) is 2.70. The van der Waals surface area contributed by atoms with Gasteiger partial charge in [-0.1, -0.05) is 0 Å². The Morgan fingerprint density at radius 1 is 1.38 bits per heavy atom. The third-order valence-electron chi connectivity index (χ3n) is 3.76. The number of carbonyl (C=O) groups is 2. The Kier molecular flexibility index (Phi) is 4.67. The van der Waals surface area contributed by atoms with E-state index in [1.165, 1.54) is 13.2 Å². The molecule has 2 N–H and O–H groups in total. The molecule has 21 heavy (non-hydrogen) atoms. The first-order valence-corrected chi connectivity index (χ1v) is 7.02. The van der Waals surface area contributed by atoms with Crippen LogP contribution in [0.2, 0.25) is 0 Å². The summed E-state index contributed by atoms with van der Waals surface area (Å²) in [5, 5.41) is 11.9. The molecule has 6 nitrogen and oxygen atoms in total. The molecule has 1 aromatic rings. The molecule has 6 heteroatoms. The molecule has 1 unspecified atom stereocenters. The SMILES string of the molecule is COc1ccc(NC(=O)N2CCCCC2C)c(C(=O)O)c1. The second kappa shape index (κ2) is 6.47. The number of hydrogen-bond donors (Lipinski definition) is 2. The first-order valence-electron chi connectivity index (χ1n) is 7.02. The average Bonchev–Trinajstić information content (AvgIpc) is 2.47. The molecule has 0 aromatic heterocycles. The average molecular weight is 292 g/mol. The van der Waals surface area contributed by atoms with Crippen LogP contribution < -0.4 is 10.1 Å². The van der Waals surface area contributed by atoms with Gasteiger partial charge in [0.15, 0.2) is 0 Å². The van der Waals surface area contributed by atoms with E-state index < -0.39 is 5.97 Å². The van der Waals surface area contributed by atoms with E-state index in [2.05, 4.69) is 5.32 Å². The molecular weight excluding hydrogens is 272 g/mol. The van der Waals surface area contributed by atoms with E-state index in [0.717, 1.165) is 19.3 Å². The van der Waals surface area contributed by atoms with Gasteiger partial charge in [-0.15, -0.1) is 0 Å². The Balaban J connectivity index is 2.18. The number of piperidine rings is 1. The molecule has 0 aliphatic carbocycles. The highest BCUT2D eigenvalue weighted by atomic mass is 16.5. The minimum Gasteiger partial charge on any atom is -0.497 e. The van der Waals surface area contributed by atoms with Crippen LogP contribution in [0, 0.1) is 0 Å². The van der Waals surface area contributed by atoms with Gasteiger partial charge >= 0.3 is 12.0 Å². The molecule has 0 spiro atoms. The number of amides is 2. The molecule has 1 aliphatic heterocycles. The number of nitrogens with one attached hydrogen (secondary N) is 1. The third kappa shape index (κ3) is 3.45. The van der Waals surface area contributed by atoms with E-state index in [9.17, 15) is 14.7 Å². The predicted molar refractivity (Wildman–Crippen MR) is 79.0 cm³/mol. The van der Waals surface area contributed by atoms with Gasteiger partial charge in [-0.25, -0.2) is 9.59 Å². The summed E-state index contributed by atoms with van der Waals surface area (Å²) in [4.78, 5) is 25.3. The molecule has 1 aliphatic rings. The van der Waals surface area contributed by atoms with Crippen LogP contribution in [-0.4, -0.2) is 41.7 Å². The summed E-state index contributed by atoms with van der Waals surface area (Å²) < 4.78 is 5.01. The number of hydrogen-bond acceptors (Lipinski definition) is 3. The topological polar surface area (TPSA) is 78.9 Å². The summed E-state index contributed by atoms with van der Waals surface area (Å²) in [7, 11) is 1.47. The van der Waals surface area contributed by atoms with Gasteiger partial charge in [-0.2, -0.15) is 0 Å². The molecular formula is C15H20N2O4. The number of likely N-dealkylation sites (tertiary alicyclic amines) is 1. The number of carbonyl (C=O) groups excluding carboxylic acids is 1. The number of methoxy groups -OCH3 is 1. The summed E-state index contributed by atoms with van der Waals surface area (Å²) in [5.74, 6) is -0.660. The molecule has 2 rings (SSSR count). The molecule has 1 heterocycles. The monoisotopic (exact) mass is 292 g/mol. The Morgan fingerprint density at radius 2 is 2.14 bits per heavy atom. The quantitative estimate of drug-likeness (QED) is 0.898. The third-order valence-corrected chi connectivity index (χ3v) is 3.76. The molecule has 1 fully saturated rings. The van der Waals surface area contributed by atoms with Crippen molar-refractivity contribution in [3.63, 3.8) is 0 Å². The minimum absolute atomic E-state index is 0.0207. The lowest BCUT2D eigenvalue weighted by atomic mass is 10.0. The number of aromatic carboxylic acids is 1. The molecule has 1 atom stereocenters. The zero-order valence-electron chi connectivity index (χ0n) is 12.3. The number of anilines is 1. The van der Waals surface area contributed by atoms with Gasteiger partial charge in [-0.3, -0.25) is 0 Å². The largest absolute Gasteiger partial charge is 0.497 e. The van der Waals surface area contributed by atoms with Crippen LogP contribution in [-0.2, 0) is 0 Å². The van der Waals surface area contributed by atoms with Crippen LogP contribution >= 0.6 is 0 Å². The van der Waals surface area contributed by atoms with Crippen LogP contribution in [0.4, 0.5) is 10.5 Å². The normalized spacial score (nSPS) is 18.2. The fourth-order valence-corrected chi connectivity index (χ4v) is 2.52. The second-order valence-corrected chi connectivity index (χ2v) is 5.19.